The van der Waals surface area contributed by atoms with Crippen molar-refractivity contribution in [2.24, 2.45) is 0 Å². The molecule has 5 heteroatoms. The van der Waals surface area contributed by atoms with Gasteiger partial charge in [0, 0.05) is 18.0 Å². The lowest BCUT2D eigenvalue weighted by molar-refractivity contribution is 0.0929. The van der Waals surface area contributed by atoms with Gasteiger partial charge < -0.3 is 15.0 Å². The summed E-state index contributed by atoms with van der Waals surface area (Å²) in [5.74, 6) is 0.481. The number of nitrogens with zero attached hydrogens (tertiary/aromatic N) is 2. The summed E-state index contributed by atoms with van der Waals surface area (Å²) in [6.07, 6.45) is 1.11. The van der Waals surface area contributed by atoms with Crippen LogP contribution < -0.4 is 10.2 Å². The summed E-state index contributed by atoms with van der Waals surface area (Å²) in [7, 11) is 0. The average Bonchev–Trinajstić information content (AvgIpc) is 2.89. The third-order valence-electron chi connectivity index (χ3n) is 3.74. The van der Waals surface area contributed by atoms with Gasteiger partial charge in [-0.1, -0.05) is 27.7 Å². The van der Waals surface area contributed by atoms with Crippen LogP contribution in [0.15, 0.2) is 0 Å². The molecule has 4 nitrogen and oxygen atoms in total. The molecule has 0 radical (unpaired) electrons. The van der Waals surface area contributed by atoms with Crippen molar-refractivity contribution < 1.29 is 4.74 Å². The molecule has 1 saturated heterocycles. The fourth-order valence-electron chi connectivity index (χ4n) is 2.53. The molecular formula is C15H27N3OS. The fourth-order valence-corrected chi connectivity index (χ4v) is 3.82. The number of anilines is 1. The molecule has 1 atom stereocenters. The van der Waals surface area contributed by atoms with Gasteiger partial charge in [0.25, 0.3) is 0 Å². The predicted molar refractivity (Wildman–Crippen MR) is 85.8 cm³/mol. The molecule has 0 saturated carbocycles. The monoisotopic (exact) mass is 297 g/mol. The van der Waals surface area contributed by atoms with E-state index in [4.69, 9.17) is 9.72 Å². The van der Waals surface area contributed by atoms with Crippen LogP contribution in [0.4, 0.5) is 5.13 Å². The lowest BCUT2D eigenvalue weighted by atomic mass is 10.1. The first-order valence-corrected chi connectivity index (χ1v) is 8.53. The molecule has 1 aliphatic heterocycles. The Labute approximate surface area is 126 Å². The predicted octanol–water partition coefficient (Wildman–Crippen LogP) is 2.99. The van der Waals surface area contributed by atoms with E-state index in [-0.39, 0.29) is 0 Å². The molecule has 1 N–H and O–H groups in total. The summed E-state index contributed by atoms with van der Waals surface area (Å²) in [5, 5.41) is 4.61. The Kier molecular flexibility index (Phi) is 5.81. The van der Waals surface area contributed by atoms with Crippen LogP contribution in [-0.2, 0) is 11.3 Å². The van der Waals surface area contributed by atoms with E-state index in [9.17, 15) is 0 Å². The van der Waals surface area contributed by atoms with E-state index in [1.54, 1.807) is 0 Å². The average molecular weight is 297 g/mol. The lowest BCUT2D eigenvalue weighted by Crippen LogP contribution is -2.45. The highest BCUT2D eigenvalue weighted by atomic mass is 32.1. The van der Waals surface area contributed by atoms with Gasteiger partial charge in [0.05, 0.1) is 24.9 Å². The van der Waals surface area contributed by atoms with Gasteiger partial charge in [-0.2, -0.15) is 0 Å². The van der Waals surface area contributed by atoms with Crippen LogP contribution in [0, 0.1) is 0 Å². The molecule has 0 amide bonds. The van der Waals surface area contributed by atoms with Gasteiger partial charge in [-0.15, -0.1) is 11.3 Å². The smallest absolute Gasteiger partial charge is 0.186 e. The van der Waals surface area contributed by atoms with E-state index in [2.05, 4.69) is 37.9 Å². The van der Waals surface area contributed by atoms with E-state index >= 15 is 0 Å². The molecule has 0 aliphatic carbocycles. The molecule has 0 spiro atoms. The van der Waals surface area contributed by atoms with E-state index in [0.717, 1.165) is 39.3 Å². The second kappa shape index (κ2) is 7.38. The number of morpholine rings is 1. The van der Waals surface area contributed by atoms with Crippen molar-refractivity contribution in [2.75, 3.05) is 31.2 Å². The first-order valence-electron chi connectivity index (χ1n) is 7.72. The van der Waals surface area contributed by atoms with Crippen LogP contribution in [-0.4, -0.2) is 37.3 Å². The van der Waals surface area contributed by atoms with Crippen molar-refractivity contribution in [3.05, 3.63) is 10.6 Å². The molecule has 0 aromatic carbocycles. The normalized spacial score (nSPS) is 19.9. The minimum absolute atomic E-state index is 0.474. The molecule has 114 valence electrons. The van der Waals surface area contributed by atoms with E-state index in [1.165, 1.54) is 15.7 Å². The zero-order chi connectivity index (χ0) is 14.5. The quantitative estimate of drug-likeness (QED) is 0.876. The highest BCUT2D eigenvalue weighted by Gasteiger charge is 2.26. The van der Waals surface area contributed by atoms with Crippen molar-refractivity contribution in [3.63, 3.8) is 0 Å². The van der Waals surface area contributed by atoms with Crippen LogP contribution in [0.1, 0.15) is 50.6 Å². The topological polar surface area (TPSA) is 37.4 Å². The summed E-state index contributed by atoms with van der Waals surface area (Å²) in [5.41, 5.74) is 1.26. The highest BCUT2D eigenvalue weighted by molar-refractivity contribution is 7.15. The molecule has 20 heavy (non-hydrogen) atoms. The fraction of sp³-hybridized carbons (Fsp3) is 0.800. The summed E-state index contributed by atoms with van der Waals surface area (Å²) < 4.78 is 5.60. The molecule has 2 rings (SSSR count). The minimum atomic E-state index is 0.474. The molecule has 1 fully saturated rings. The Hall–Kier alpha value is -0.650. The summed E-state index contributed by atoms with van der Waals surface area (Å²) in [6, 6.07) is 0.474. The zero-order valence-electron chi connectivity index (χ0n) is 13.1. The third-order valence-corrected chi connectivity index (χ3v) is 4.85. The maximum atomic E-state index is 5.60. The SMILES string of the molecule is CCNCc1sc(N2CCOCC2CC)nc1C(C)C. The van der Waals surface area contributed by atoms with Crippen LogP contribution in [0.5, 0.6) is 0 Å². The second-order valence-electron chi connectivity index (χ2n) is 5.57. The summed E-state index contributed by atoms with van der Waals surface area (Å²) >= 11 is 1.85. The number of nitrogens with one attached hydrogen (secondary N) is 1. The third kappa shape index (κ3) is 3.51. The van der Waals surface area contributed by atoms with Gasteiger partial charge in [0.15, 0.2) is 5.13 Å². The lowest BCUT2D eigenvalue weighted by Gasteiger charge is -2.34. The molecule has 1 aliphatic rings. The first kappa shape index (κ1) is 15.7. The van der Waals surface area contributed by atoms with Crippen LogP contribution in [0.2, 0.25) is 0 Å². The molecular weight excluding hydrogens is 270 g/mol. The maximum Gasteiger partial charge on any atom is 0.186 e. The van der Waals surface area contributed by atoms with Crippen LogP contribution in [0.3, 0.4) is 0 Å². The number of ether oxygens (including phenoxy) is 1. The summed E-state index contributed by atoms with van der Waals surface area (Å²) in [6.45, 7) is 13.4. The Balaban J connectivity index is 2.22. The van der Waals surface area contributed by atoms with Crippen molar-refractivity contribution in [3.8, 4) is 0 Å². The Bertz CT molecular complexity index is 419. The van der Waals surface area contributed by atoms with Gasteiger partial charge in [0.2, 0.25) is 0 Å². The van der Waals surface area contributed by atoms with Crippen molar-refractivity contribution in [1.82, 2.24) is 10.3 Å². The number of aromatic nitrogens is 1. The number of thiazole rings is 1. The van der Waals surface area contributed by atoms with Gasteiger partial charge in [0.1, 0.15) is 0 Å². The van der Waals surface area contributed by atoms with Crippen molar-refractivity contribution in [1.29, 1.82) is 0 Å². The molecule has 1 aromatic rings. The Morgan fingerprint density at radius 3 is 2.90 bits per heavy atom. The molecule has 1 aromatic heterocycles. The van der Waals surface area contributed by atoms with Crippen LogP contribution >= 0.6 is 11.3 Å². The van der Waals surface area contributed by atoms with E-state index < -0.39 is 0 Å². The van der Waals surface area contributed by atoms with E-state index in [0.29, 0.717) is 12.0 Å². The second-order valence-corrected chi connectivity index (χ2v) is 6.63. The minimum Gasteiger partial charge on any atom is -0.377 e. The van der Waals surface area contributed by atoms with Crippen molar-refractivity contribution in [2.45, 2.75) is 52.6 Å². The molecule has 0 bridgehead atoms. The van der Waals surface area contributed by atoms with Gasteiger partial charge in [-0.25, -0.2) is 4.98 Å². The highest BCUT2D eigenvalue weighted by Crippen LogP contribution is 2.32. The standard InChI is InChI=1S/C15H27N3OS/c1-5-12-10-19-8-7-18(12)15-17-14(11(3)4)13(20-15)9-16-6-2/h11-12,16H,5-10H2,1-4H3. The largest absolute Gasteiger partial charge is 0.377 e. The van der Waals surface area contributed by atoms with Gasteiger partial charge in [-0.3, -0.25) is 0 Å². The molecule has 1 unspecified atom stereocenters. The number of hydrogen-bond acceptors (Lipinski definition) is 5. The zero-order valence-corrected chi connectivity index (χ0v) is 13.9. The number of hydrogen-bond donors (Lipinski definition) is 1. The summed E-state index contributed by atoms with van der Waals surface area (Å²) in [4.78, 5) is 8.76. The van der Waals surface area contributed by atoms with Gasteiger partial charge >= 0.3 is 0 Å². The van der Waals surface area contributed by atoms with Crippen molar-refractivity contribution >= 4 is 16.5 Å². The van der Waals surface area contributed by atoms with Gasteiger partial charge in [-0.05, 0) is 18.9 Å². The maximum absolute atomic E-state index is 5.60. The first-order chi connectivity index (χ1) is 9.67. The molecule has 2 heterocycles. The number of rotatable bonds is 6. The van der Waals surface area contributed by atoms with E-state index in [1.807, 2.05) is 11.3 Å². The van der Waals surface area contributed by atoms with Crippen LogP contribution in [0.25, 0.3) is 0 Å². The Morgan fingerprint density at radius 1 is 1.45 bits per heavy atom. The Morgan fingerprint density at radius 2 is 2.25 bits per heavy atom.